The number of hydrogen-bond donors (Lipinski definition) is 1. The highest BCUT2D eigenvalue weighted by Gasteiger charge is 2.05. The molecule has 2 rings (SSSR count). The van der Waals surface area contributed by atoms with Crippen LogP contribution < -0.4 is 10.1 Å². The second-order valence-corrected chi connectivity index (χ2v) is 4.37. The first kappa shape index (κ1) is 11.9. The second kappa shape index (κ2) is 5.15. The highest BCUT2D eigenvalue weighted by molar-refractivity contribution is 5.85. The van der Waals surface area contributed by atoms with Gasteiger partial charge in [-0.3, -0.25) is 4.98 Å². The van der Waals surface area contributed by atoms with Crippen molar-refractivity contribution in [3.63, 3.8) is 0 Å². The fourth-order valence-corrected chi connectivity index (χ4v) is 1.76. The van der Waals surface area contributed by atoms with E-state index in [1.54, 1.807) is 7.11 Å². The van der Waals surface area contributed by atoms with Gasteiger partial charge in [-0.05, 0) is 12.1 Å². The van der Waals surface area contributed by atoms with Crippen LogP contribution in [0.3, 0.4) is 0 Å². The number of methoxy groups -OCH3 is 1. The fraction of sp³-hybridized carbons (Fsp3) is 0.357. The van der Waals surface area contributed by atoms with Gasteiger partial charge in [-0.1, -0.05) is 26.0 Å². The molecular weight excluding hydrogens is 212 g/mol. The number of rotatable bonds is 4. The first-order valence-corrected chi connectivity index (χ1v) is 5.86. The van der Waals surface area contributed by atoms with Crippen molar-refractivity contribution in [2.45, 2.75) is 26.4 Å². The van der Waals surface area contributed by atoms with Crippen LogP contribution in [0, 0.1) is 0 Å². The Morgan fingerprint density at radius 3 is 2.76 bits per heavy atom. The third-order valence-electron chi connectivity index (χ3n) is 2.64. The number of nitrogens with zero attached hydrogens (tertiary/aromatic N) is 1. The molecule has 0 aliphatic rings. The Bertz CT molecular complexity index is 509. The van der Waals surface area contributed by atoms with Gasteiger partial charge in [-0.15, -0.1) is 0 Å². The number of aromatic nitrogens is 1. The lowest BCUT2D eigenvalue weighted by Crippen LogP contribution is -2.22. The van der Waals surface area contributed by atoms with Gasteiger partial charge in [-0.2, -0.15) is 0 Å². The molecule has 0 bridgehead atoms. The van der Waals surface area contributed by atoms with E-state index in [1.807, 2.05) is 30.3 Å². The molecule has 0 aliphatic heterocycles. The molecule has 2 aromatic rings. The molecule has 0 atom stereocenters. The van der Waals surface area contributed by atoms with Gasteiger partial charge in [0.25, 0.3) is 0 Å². The number of nitrogens with one attached hydrogen (secondary N) is 1. The van der Waals surface area contributed by atoms with Crippen molar-refractivity contribution >= 4 is 10.9 Å². The number of hydrogen-bond acceptors (Lipinski definition) is 3. The minimum absolute atomic E-state index is 0.453. The number of ether oxygens (including phenoxy) is 1. The molecule has 0 spiro atoms. The highest BCUT2D eigenvalue weighted by Crippen LogP contribution is 2.24. The van der Waals surface area contributed by atoms with Gasteiger partial charge in [0.2, 0.25) is 0 Å². The molecule has 0 saturated carbocycles. The van der Waals surface area contributed by atoms with Crippen LogP contribution in [0.2, 0.25) is 0 Å². The molecule has 1 aromatic heterocycles. The topological polar surface area (TPSA) is 34.1 Å². The first-order valence-electron chi connectivity index (χ1n) is 5.86. The van der Waals surface area contributed by atoms with Crippen molar-refractivity contribution < 1.29 is 4.74 Å². The van der Waals surface area contributed by atoms with Gasteiger partial charge >= 0.3 is 0 Å². The summed E-state index contributed by atoms with van der Waals surface area (Å²) in [5, 5.41) is 4.42. The van der Waals surface area contributed by atoms with Crippen molar-refractivity contribution in [2.24, 2.45) is 0 Å². The monoisotopic (exact) mass is 230 g/mol. The Kier molecular flexibility index (Phi) is 3.59. The predicted octanol–water partition coefficient (Wildman–Crippen LogP) is 2.74. The average molecular weight is 230 g/mol. The van der Waals surface area contributed by atoms with Gasteiger partial charge in [0.05, 0.1) is 18.3 Å². The maximum atomic E-state index is 5.41. The summed E-state index contributed by atoms with van der Waals surface area (Å²) in [7, 11) is 1.70. The third kappa shape index (κ3) is 2.74. The molecule has 0 fully saturated rings. The van der Waals surface area contributed by atoms with Crippen LogP contribution in [0.5, 0.6) is 5.75 Å². The molecule has 0 radical (unpaired) electrons. The van der Waals surface area contributed by atoms with Crippen molar-refractivity contribution in [1.82, 2.24) is 10.3 Å². The predicted molar refractivity (Wildman–Crippen MR) is 70.3 cm³/mol. The lowest BCUT2D eigenvalue weighted by atomic mass is 10.2. The Morgan fingerprint density at radius 1 is 1.29 bits per heavy atom. The van der Waals surface area contributed by atoms with Crippen LogP contribution in [0.15, 0.2) is 30.3 Å². The van der Waals surface area contributed by atoms with Crippen LogP contribution in [-0.2, 0) is 6.54 Å². The van der Waals surface area contributed by atoms with E-state index in [4.69, 9.17) is 4.74 Å². The van der Waals surface area contributed by atoms with E-state index in [2.05, 4.69) is 24.1 Å². The van der Waals surface area contributed by atoms with Crippen LogP contribution in [-0.4, -0.2) is 18.1 Å². The van der Waals surface area contributed by atoms with E-state index in [9.17, 15) is 0 Å². The first-order chi connectivity index (χ1) is 8.20. The van der Waals surface area contributed by atoms with Crippen molar-refractivity contribution in [3.8, 4) is 5.75 Å². The van der Waals surface area contributed by atoms with Gasteiger partial charge in [0, 0.05) is 24.0 Å². The Labute approximate surface area is 102 Å². The van der Waals surface area contributed by atoms with E-state index >= 15 is 0 Å². The summed E-state index contributed by atoms with van der Waals surface area (Å²) in [5.41, 5.74) is 1.99. The smallest absolute Gasteiger partial charge is 0.130 e. The van der Waals surface area contributed by atoms with Crippen molar-refractivity contribution in [1.29, 1.82) is 0 Å². The van der Waals surface area contributed by atoms with Crippen LogP contribution in [0.4, 0.5) is 0 Å². The van der Waals surface area contributed by atoms with E-state index in [1.165, 1.54) is 0 Å². The zero-order valence-electron chi connectivity index (χ0n) is 10.5. The molecule has 3 nitrogen and oxygen atoms in total. The second-order valence-electron chi connectivity index (χ2n) is 4.37. The van der Waals surface area contributed by atoms with E-state index in [0.717, 1.165) is 28.9 Å². The molecule has 1 N–H and O–H groups in total. The van der Waals surface area contributed by atoms with Crippen LogP contribution in [0.25, 0.3) is 10.9 Å². The lowest BCUT2D eigenvalue weighted by Gasteiger charge is -2.11. The van der Waals surface area contributed by atoms with Crippen LogP contribution >= 0.6 is 0 Å². The number of para-hydroxylation sites is 1. The lowest BCUT2D eigenvalue weighted by molar-refractivity contribution is 0.418. The van der Waals surface area contributed by atoms with Crippen LogP contribution in [0.1, 0.15) is 19.5 Å². The van der Waals surface area contributed by atoms with E-state index < -0.39 is 0 Å². The quantitative estimate of drug-likeness (QED) is 0.877. The molecule has 3 heteroatoms. The zero-order chi connectivity index (χ0) is 12.3. The number of benzene rings is 1. The average Bonchev–Trinajstić information content (AvgIpc) is 2.35. The fourth-order valence-electron chi connectivity index (χ4n) is 1.76. The van der Waals surface area contributed by atoms with E-state index in [-0.39, 0.29) is 0 Å². The number of pyridine rings is 1. The normalized spacial score (nSPS) is 11.1. The van der Waals surface area contributed by atoms with Crippen molar-refractivity contribution in [3.05, 3.63) is 36.0 Å². The number of fused-ring (bicyclic) bond motifs is 1. The third-order valence-corrected chi connectivity index (χ3v) is 2.64. The minimum atomic E-state index is 0.453. The molecule has 90 valence electrons. The summed E-state index contributed by atoms with van der Waals surface area (Å²) in [6.07, 6.45) is 0. The largest absolute Gasteiger partial charge is 0.496 e. The summed E-state index contributed by atoms with van der Waals surface area (Å²) >= 11 is 0. The maximum Gasteiger partial charge on any atom is 0.130 e. The molecular formula is C14H18N2O. The van der Waals surface area contributed by atoms with E-state index in [0.29, 0.717) is 6.04 Å². The highest BCUT2D eigenvalue weighted by atomic mass is 16.5. The summed E-state index contributed by atoms with van der Waals surface area (Å²) in [5.74, 6) is 0.885. The molecule has 1 aromatic carbocycles. The van der Waals surface area contributed by atoms with Gasteiger partial charge in [0.15, 0.2) is 0 Å². The standard InChI is InChI=1S/C14H18N2O/c1-10(2)15-9-11-8-14(17-3)12-6-4-5-7-13(12)16-11/h4-8,10,15H,9H2,1-3H3. The minimum Gasteiger partial charge on any atom is -0.496 e. The summed E-state index contributed by atoms with van der Waals surface area (Å²) < 4.78 is 5.41. The molecule has 0 aliphatic carbocycles. The molecule has 0 unspecified atom stereocenters. The SMILES string of the molecule is COc1cc(CNC(C)C)nc2ccccc12. The zero-order valence-corrected chi connectivity index (χ0v) is 10.5. The summed E-state index contributed by atoms with van der Waals surface area (Å²) in [6, 6.07) is 10.5. The summed E-state index contributed by atoms with van der Waals surface area (Å²) in [6.45, 7) is 5.01. The molecule has 1 heterocycles. The molecule has 17 heavy (non-hydrogen) atoms. The summed E-state index contributed by atoms with van der Waals surface area (Å²) in [4.78, 5) is 4.61. The Hall–Kier alpha value is -1.61. The molecule has 0 saturated heterocycles. The van der Waals surface area contributed by atoms with Gasteiger partial charge in [-0.25, -0.2) is 0 Å². The maximum absolute atomic E-state index is 5.41. The molecule has 0 amide bonds. The Balaban J connectivity index is 2.38. The Morgan fingerprint density at radius 2 is 2.06 bits per heavy atom. The van der Waals surface area contributed by atoms with Gasteiger partial charge < -0.3 is 10.1 Å². The van der Waals surface area contributed by atoms with Crippen molar-refractivity contribution in [2.75, 3.05) is 7.11 Å². The van der Waals surface area contributed by atoms with Gasteiger partial charge in [0.1, 0.15) is 5.75 Å².